The molecule has 1 aromatic carbocycles. The highest BCUT2D eigenvalue weighted by Crippen LogP contribution is 2.33. The topological polar surface area (TPSA) is 18.5 Å². The van der Waals surface area contributed by atoms with Gasteiger partial charge in [-0.15, -0.1) is 0 Å². The number of hydrogen-bond acceptors (Lipinski definition) is 2. The number of hydrogen-bond donors (Lipinski definition) is 0. The van der Waals surface area contributed by atoms with Gasteiger partial charge in [-0.1, -0.05) is 32.1 Å². The molecule has 2 heteroatoms. The summed E-state index contributed by atoms with van der Waals surface area (Å²) < 4.78 is 10.6. The number of ether oxygens (including phenoxy) is 2. The van der Waals surface area contributed by atoms with Crippen LogP contribution in [0, 0.1) is 0 Å². The van der Waals surface area contributed by atoms with Crippen molar-refractivity contribution in [2.24, 2.45) is 0 Å². The molecule has 0 bridgehead atoms. The highest BCUT2D eigenvalue weighted by molar-refractivity contribution is 5.44. The predicted molar refractivity (Wildman–Crippen MR) is 76.6 cm³/mol. The lowest BCUT2D eigenvalue weighted by Crippen LogP contribution is -1.98. The van der Waals surface area contributed by atoms with Crippen LogP contribution in [-0.4, -0.2) is 14.2 Å². The van der Waals surface area contributed by atoms with E-state index in [1.807, 2.05) is 6.07 Å². The first kappa shape index (κ1) is 14.6. The third kappa shape index (κ3) is 3.80. The van der Waals surface area contributed by atoms with Gasteiger partial charge in [-0.3, -0.25) is 0 Å². The van der Waals surface area contributed by atoms with Crippen molar-refractivity contribution in [2.75, 3.05) is 14.2 Å². The van der Waals surface area contributed by atoms with Gasteiger partial charge in [0.25, 0.3) is 0 Å². The van der Waals surface area contributed by atoms with Crippen LogP contribution in [0.4, 0.5) is 0 Å². The van der Waals surface area contributed by atoms with Crippen LogP contribution in [0.1, 0.15) is 44.6 Å². The average Bonchev–Trinajstić information content (AvgIpc) is 2.43. The molecular weight excluding hydrogens is 224 g/mol. The maximum absolute atomic E-state index is 5.35. The first-order valence-corrected chi connectivity index (χ1v) is 6.63. The summed E-state index contributed by atoms with van der Waals surface area (Å²) in [6.07, 6.45) is 7.81. The Bertz CT molecular complexity index is 383. The van der Waals surface area contributed by atoms with E-state index in [4.69, 9.17) is 9.47 Å². The summed E-state index contributed by atoms with van der Waals surface area (Å²) in [4.78, 5) is 0. The molecule has 0 saturated carbocycles. The van der Waals surface area contributed by atoms with Gasteiger partial charge in [0.1, 0.15) is 0 Å². The molecule has 2 nitrogen and oxygen atoms in total. The van der Waals surface area contributed by atoms with E-state index < -0.39 is 0 Å². The Balaban J connectivity index is 2.88. The van der Waals surface area contributed by atoms with Crippen LogP contribution in [0.15, 0.2) is 30.4 Å². The van der Waals surface area contributed by atoms with Gasteiger partial charge in [-0.05, 0) is 42.9 Å². The monoisotopic (exact) mass is 248 g/mol. The molecular formula is C16H24O2. The second-order valence-corrected chi connectivity index (χ2v) is 4.33. The molecule has 0 N–H and O–H groups in total. The SMILES string of the molecule is CC/C=C\CC(CC)c1ccc(OC)c(OC)c1. The second-order valence-electron chi connectivity index (χ2n) is 4.33. The summed E-state index contributed by atoms with van der Waals surface area (Å²) in [6.45, 7) is 4.38. The summed E-state index contributed by atoms with van der Waals surface area (Å²) in [5, 5.41) is 0. The van der Waals surface area contributed by atoms with Crippen molar-refractivity contribution in [3.8, 4) is 11.5 Å². The minimum atomic E-state index is 0.549. The van der Waals surface area contributed by atoms with Gasteiger partial charge < -0.3 is 9.47 Å². The summed E-state index contributed by atoms with van der Waals surface area (Å²) in [7, 11) is 3.35. The first-order valence-electron chi connectivity index (χ1n) is 6.63. The maximum atomic E-state index is 5.35. The van der Waals surface area contributed by atoms with Gasteiger partial charge in [0.15, 0.2) is 11.5 Å². The van der Waals surface area contributed by atoms with E-state index >= 15 is 0 Å². The third-order valence-electron chi connectivity index (χ3n) is 3.19. The van der Waals surface area contributed by atoms with Crippen molar-refractivity contribution in [3.05, 3.63) is 35.9 Å². The van der Waals surface area contributed by atoms with Crippen molar-refractivity contribution in [1.29, 1.82) is 0 Å². The number of allylic oxidation sites excluding steroid dienone is 2. The van der Waals surface area contributed by atoms with E-state index in [9.17, 15) is 0 Å². The minimum absolute atomic E-state index is 0.549. The Kier molecular flexibility index (Phi) is 6.34. The number of benzene rings is 1. The molecule has 0 fully saturated rings. The van der Waals surface area contributed by atoms with Crippen molar-refractivity contribution in [1.82, 2.24) is 0 Å². The largest absolute Gasteiger partial charge is 0.493 e. The molecule has 0 aliphatic carbocycles. The molecule has 1 atom stereocenters. The molecule has 100 valence electrons. The molecule has 0 heterocycles. The molecule has 0 spiro atoms. The Morgan fingerprint density at radius 3 is 2.33 bits per heavy atom. The zero-order valence-corrected chi connectivity index (χ0v) is 11.9. The summed E-state index contributed by atoms with van der Waals surface area (Å²) in [6, 6.07) is 6.21. The molecule has 0 amide bonds. The quantitative estimate of drug-likeness (QED) is 0.659. The Morgan fingerprint density at radius 1 is 1.06 bits per heavy atom. The van der Waals surface area contributed by atoms with E-state index in [1.54, 1.807) is 14.2 Å². The smallest absolute Gasteiger partial charge is 0.160 e. The van der Waals surface area contributed by atoms with Crippen LogP contribution in [0.5, 0.6) is 11.5 Å². The summed E-state index contributed by atoms with van der Waals surface area (Å²) >= 11 is 0. The Hall–Kier alpha value is -1.44. The fraction of sp³-hybridized carbons (Fsp3) is 0.500. The van der Waals surface area contributed by atoms with Gasteiger partial charge >= 0.3 is 0 Å². The highest BCUT2D eigenvalue weighted by Gasteiger charge is 2.11. The Morgan fingerprint density at radius 2 is 1.78 bits per heavy atom. The van der Waals surface area contributed by atoms with Crippen molar-refractivity contribution in [3.63, 3.8) is 0 Å². The van der Waals surface area contributed by atoms with Gasteiger partial charge in [-0.2, -0.15) is 0 Å². The molecule has 1 rings (SSSR count). The fourth-order valence-electron chi connectivity index (χ4n) is 2.07. The number of methoxy groups -OCH3 is 2. The van der Waals surface area contributed by atoms with Gasteiger partial charge in [0.05, 0.1) is 14.2 Å². The zero-order chi connectivity index (χ0) is 13.4. The number of rotatable bonds is 7. The molecule has 0 saturated heterocycles. The minimum Gasteiger partial charge on any atom is -0.493 e. The standard InChI is InChI=1S/C16H24O2/c1-5-7-8-9-13(6-2)14-10-11-15(17-3)16(12-14)18-4/h7-8,10-13H,5-6,9H2,1-4H3/b8-7-. The normalized spacial score (nSPS) is 12.7. The summed E-state index contributed by atoms with van der Waals surface area (Å²) in [5.41, 5.74) is 1.32. The van der Waals surface area contributed by atoms with Crippen LogP contribution in [0.25, 0.3) is 0 Å². The van der Waals surface area contributed by atoms with E-state index in [0.29, 0.717) is 5.92 Å². The van der Waals surface area contributed by atoms with E-state index in [-0.39, 0.29) is 0 Å². The Labute approximate surface area is 111 Å². The summed E-state index contributed by atoms with van der Waals surface area (Å²) in [5.74, 6) is 2.15. The molecule has 1 unspecified atom stereocenters. The molecule has 18 heavy (non-hydrogen) atoms. The van der Waals surface area contributed by atoms with Crippen molar-refractivity contribution < 1.29 is 9.47 Å². The van der Waals surface area contributed by atoms with E-state index in [1.165, 1.54) is 5.56 Å². The second kappa shape index (κ2) is 7.80. The first-order chi connectivity index (χ1) is 8.76. The maximum Gasteiger partial charge on any atom is 0.160 e. The molecule has 0 aromatic heterocycles. The van der Waals surface area contributed by atoms with Crippen LogP contribution >= 0.6 is 0 Å². The molecule has 0 aliphatic rings. The predicted octanol–water partition coefficient (Wildman–Crippen LogP) is 4.55. The molecule has 0 radical (unpaired) electrons. The molecule has 1 aromatic rings. The average molecular weight is 248 g/mol. The van der Waals surface area contributed by atoms with Crippen molar-refractivity contribution >= 4 is 0 Å². The van der Waals surface area contributed by atoms with Crippen LogP contribution in [0.2, 0.25) is 0 Å². The lowest BCUT2D eigenvalue weighted by Gasteiger charge is -2.16. The highest BCUT2D eigenvalue weighted by atomic mass is 16.5. The van der Waals surface area contributed by atoms with Gasteiger partial charge in [-0.25, -0.2) is 0 Å². The lowest BCUT2D eigenvalue weighted by atomic mass is 9.92. The van der Waals surface area contributed by atoms with Crippen LogP contribution in [-0.2, 0) is 0 Å². The zero-order valence-electron chi connectivity index (χ0n) is 11.9. The fourth-order valence-corrected chi connectivity index (χ4v) is 2.07. The van der Waals surface area contributed by atoms with Crippen molar-refractivity contribution in [2.45, 2.75) is 39.0 Å². The van der Waals surface area contributed by atoms with Gasteiger partial charge in [0.2, 0.25) is 0 Å². The van der Waals surface area contributed by atoms with Crippen LogP contribution in [0.3, 0.4) is 0 Å². The van der Waals surface area contributed by atoms with Crippen LogP contribution < -0.4 is 9.47 Å². The van der Waals surface area contributed by atoms with E-state index in [0.717, 1.165) is 30.8 Å². The third-order valence-corrected chi connectivity index (χ3v) is 3.19. The molecule has 0 aliphatic heterocycles. The van der Waals surface area contributed by atoms with E-state index in [2.05, 4.69) is 38.1 Å². The van der Waals surface area contributed by atoms with Gasteiger partial charge in [0, 0.05) is 0 Å². The lowest BCUT2D eigenvalue weighted by molar-refractivity contribution is 0.354.